The molecule has 3 aromatic rings. The third-order valence-corrected chi connectivity index (χ3v) is 4.63. The fourth-order valence-electron chi connectivity index (χ4n) is 3.21. The Morgan fingerprint density at radius 2 is 1.88 bits per heavy atom. The number of para-hydroxylation sites is 2. The minimum atomic E-state index is -0.663. The molecule has 1 aliphatic heterocycles. The van der Waals surface area contributed by atoms with Crippen molar-refractivity contribution >= 4 is 11.6 Å². The van der Waals surface area contributed by atoms with Gasteiger partial charge in [0, 0.05) is 12.7 Å². The van der Waals surface area contributed by atoms with E-state index in [1.165, 1.54) is 0 Å². The van der Waals surface area contributed by atoms with Crippen LogP contribution < -0.4 is 9.47 Å². The van der Waals surface area contributed by atoms with Crippen LogP contribution in [0.25, 0.3) is 5.65 Å². The van der Waals surface area contributed by atoms with Crippen LogP contribution in [-0.4, -0.2) is 38.9 Å². The second kappa shape index (κ2) is 6.71. The Morgan fingerprint density at radius 1 is 1.15 bits per heavy atom. The second-order valence-electron chi connectivity index (χ2n) is 6.34. The number of imidazole rings is 1. The highest BCUT2D eigenvalue weighted by Gasteiger charge is 2.36. The van der Waals surface area contributed by atoms with E-state index >= 15 is 0 Å². The molecule has 6 nitrogen and oxygen atoms in total. The fraction of sp³-hybridized carbons (Fsp3) is 0.300. The zero-order valence-corrected chi connectivity index (χ0v) is 14.8. The highest BCUT2D eigenvalue weighted by molar-refractivity contribution is 5.82. The number of hydrogen-bond acceptors (Lipinski definition) is 4. The summed E-state index contributed by atoms with van der Waals surface area (Å²) >= 11 is 0. The van der Waals surface area contributed by atoms with Gasteiger partial charge >= 0.3 is 0 Å². The average Bonchev–Trinajstić information content (AvgIpc) is 3.08. The van der Waals surface area contributed by atoms with Crippen LogP contribution in [0.2, 0.25) is 0 Å². The summed E-state index contributed by atoms with van der Waals surface area (Å²) in [5.74, 6) is 1.20. The van der Waals surface area contributed by atoms with Crippen molar-refractivity contribution in [3.05, 3.63) is 60.6 Å². The quantitative estimate of drug-likeness (QED) is 0.725. The number of pyridine rings is 1. The third kappa shape index (κ3) is 2.87. The first-order valence-electron chi connectivity index (χ1n) is 8.79. The number of fused-ring (bicyclic) bond motifs is 2. The SMILES string of the molecule is CCN(Cc1cnc2ccccn12)C(=O)C1Oc2ccccc2OC1C. The summed E-state index contributed by atoms with van der Waals surface area (Å²) in [6.45, 7) is 4.87. The van der Waals surface area contributed by atoms with Crippen LogP contribution in [0, 0.1) is 0 Å². The van der Waals surface area contributed by atoms with Crippen LogP contribution in [0.4, 0.5) is 0 Å². The van der Waals surface area contributed by atoms with E-state index in [0.717, 1.165) is 11.3 Å². The van der Waals surface area contributed by atoms with Crippen LogP contribution >= 0.6 is 0 Å². The molecule has 2 unspecified atom stereocenters. The summed E-state index contributed by atoms with van der Waals surface area (Å²) < 4.78 is 13.8. The largest absolute Gasteiger partial charge is 0.482 e. The van der Waals surface area contributed by atoms with Gasteiger partial charge in [0.2, 0.25) is 6.10 Å². The normalized spacial score (nSPS) is 18.7. The first kappa shape index (κ1) is 16.4. The number of hydrogen-bond donors (Lipinski definition) is 0. The second-order valence-corrected chi connectivity index (χ2v) is 6.34. The Labute approximate surface area is 152 Å². The van der Waals surface area contributed by atoms with Gasteiger partial charge in [0.1, 0.15) is 11.8 Å². The Kier molecular flexibility index (Phi) is 4.24. The monoisotopic (exact) mass is 351 g/mol. The average molecular weight is 351 g/mol. The standard InChI is InChI=1S/C20H21N3O3/c1-3-22(13-15-12-21-18-10-6-7-11-23(15)18)20(24)19-14(2)25-16-8-4-5-9-17(16)26-19/h4-12,14,19H,3,13H2,1-2H3. The molecule has 0 bridgehead atoms. The van der Waals surface area contributed by atoms with Crippen molar-refractivity contribution in [2.45, 2.75) is 32.6 Å². The summed E-state index contributed by atoms with van der Waals surface area (Å²) in [6, 6.07) is 13.3. The van der Waals surface area contributed by atoms with Crippen molar-refractivity contribution < 1.29 is 14.3 Å². The van der Waals surface area contributed by atoms with Crippen molar-refractivity contribution in [2.75, 3.05) is 6.54 Å². The van der Waals surface area contributed by atoms with E-state index in [1.54, 1.807) is 4.90 Å². The van der Waals surface area contributed by atoms with Gasteiger partial charge in [-0.1, -0.05) is 18.2 Å². The van der Waals surface area contributed by atoms with Crippen LogP contribution in [0.3, 0.4) is 0 Å². The maximum absolute atomic E-state index is 13.1. The molecule has 0 N–H and O–H groups in total. The number of aromatic nitrogens is 2. The molecule has 134 valence electrons. The molecule has 1 aromatic carbocycles. The highest BCUT2D eigenvalue weighted by atomic mass is 16.6. The molecular formula is C20H21N3O3. The lowest BCUT2D eigenvalue weighted by atomic mass is 10.1. The molecule has 26 heavy (non-hydrogen) atoms. The molecule has 0 fully saturated rings. The van der Waals surface area contributed by atoms with E-state index in [-0.39, 0.29) is 12.0 Å². The van der Waals surface area contributed by atoms with Crippen LogP contribution in [0.1, 0.15) is 19.5 Å². The molecule has 6 heteroatoms. The van der Waals surface area contributed by atoms with E-state index in [2.05, 4.69) is 4.98 Å². The molecule has 1 aliphatic rings. The van der Waals surface area contributed by atoms with Gasteiger partial charge in [0.25, 0.3) is 5.91 Å². The van der Waals surface area contributed by atoms with Crippen LogP contribution in [-0.2, 0) is 11.3 Å². The maximum atomic E-state index is 13.1. The predicted octanol–water partition coefficient (Wildman–Crippen LogP) is 2.91. The zero-order chi connectivity index (χ0) is 18.1. The van der Waals surface area contributed by atoms with Crippen molar-refractivity contribution in [2.24, 2.45) is 0 Å². The van der Waals surface area contributed by atoms with Gasteiger partial charge in [-0.25, -0.2) is 4.98 Å². The fourth-order valence-corrected chi connectivity index (χ4v) is 3.21. The Balaban J connectivity index is 1.56. The molecule has 0 saturated heterocycles. The van der Waals surface area contributed by atoms with Gasteiger partial charge in [-0.3, -0.25) is 4.79 Å². The summed E-state index contributed by atoms with van der Waals surface area (Å²) in [5.41, 5.74) is 1.83. The lowest BCUT2D eigenvalue weighted by Crippen LogP contribution is -2.50. The number of benzene rings is 1. The number of rotatable bonds is 4. The molecule has 0 radical (unpaired) electrons. The lowest BCUT2D eigenvalue weighted by Gasteiger charge is -2.34. The van der Waals surface area contributed by atoms with Crippen LogP contribution in [0.5, 0.6) is 11.5 Å². The molecule has 1 amide bonds. The number of nitrogens with zero attached hydrogens (tertiary/aromatic N) is 3. The van der Waals surface area contributed by atoms with Crippen molar-refractivity contribution in [3.63, 3.8) is 0 Å². The molecule has 0 aliphatic carbocycles. The number of carbonyl (C=O) groups excluding carboxylic acids is 1. The Hall–Kier alpha value is -3.02. The molecule has 4 rings (SSSR count). The van der Waals surface area contributed by atoms with Gasteiger partial charge in [0.05, 0.1) is 18.4 Å². The summed E-state index contributed by atoms with van der Waals surface area (Å²) in [6.07, 6.45) is 2.75. The molecule has 3 heterocycles. The van der Waals surface area contributed by atoms with Gasteiger partial charge < -0.3 is 18.8 Å². The molecule has 0 saturated carbocycles. The van der Waals surface area contributed by atoms with Gasteiger partial charge in [-0.05, 0) is 38.1 Å². The maximum Gasteiger partial charge on any atom is 0.267 e. The van der Waals surface area contributed by atoms with E-state index in [1.807, 2.05) is 73.1 Å². The number of ether oxygens (including phenoxy) is 2. The van der Waals surface area contributed by atoms with Gasteiger partial charge in [-0.15, -0.1) is 0 Å². The van der Waals surface area contributed by atoms with Crippen molar-refractivity contribution in [1.29, 1.82) is 0 Å². The van der Waals surface area contributed by atoms with Crippen molar-refractivity contribution in [3.8, 4) is 11.5 Å². The van der Waals surface area contributed by atoms with E-state index in [9.17, 15) is 4.79 Å². The third-order valence-electron chi connectivity index (χ3n) is 4.63. The first-order chi connectivity index (χ1) is 12.7. The summed E-state index contributed by atoms with van der Waals surface area (Å²) in [7, 11) is 0. The van der Waals surface area contributed by atoms with Gasteiger partial charge in [0.15, 0.2) is 11.5 Å². The Bertz CT molecular complexity index is 937. The first-order valence-corrected chi connectivity index (χ1v) is 8.79. The molecule has 2 aromatic heterocycles. The molecule has 0 spiro atoms. The number of carbonyl (C=O) groups is 1. The Morgan fingerprint density at radius 3 is 2.65 bits per heavy atom. The summed E-state index contributed by atoms with van der Waals surface area (Å²) in [4.78, 5) is 19.3. The van der Waals surface area contributed by atoms with E-state index in [4.69, 9.17) is 9.47 Å². The van der Waals surface area contributed by atoms with Crippen molar-refractivity contribution in [1.82, 2.24) is 14.3 Å². The topological polar surface area (TPSA) is 56.1 Å². The molecule has 2 atom stereocenters. The predicted molar refractivity (Wildman–Crippen MR) is 97.2 cm³/mol. The number of amides is 1. The lowest BCUT2D eigenvalue weighted by molar-refractivity contribution is -0.144. The minimum absolute atomic E-state index is 0.0830. The van der Waals surface area contributed by atoms with Crippen LogP contribution in [0.15, 0.2) is 54.9 Å². The van der Waals surface area contributed by atoms with E-state index < -0.39 is 6.10 Å². The summed E-state index contributed by atoms with van der Waals surface area (Å²) in [5, 5.41) is 0. The smallest absolute Gasteiger partial charge is 0.267 e. The van der Waals surface area contributed by atoms with E-state index in [0.29, 0.717) is 24.6 Å². The molecular weight excluding hydrogens is 330 g/mol. The zero-order valence-electron chi connectivity index (χ0n) is 14.8. The highest BCUT2D eigenvalue weighted by Crippen LogP contribution is 2.34. The number of likely N-dealkylation sites (N-methyl/N-ethyl adjacent to an activating group) is 1. The van der Waals surface area contributed by atoms with Gasteiger partial charge in [-0.2, -0.15) is 0 Å². The minimum Gasteiger partial charge on any atom is -0.482 e.